The van der Waals surface area contributed by atoms with Crippen LogP contribution in [0.1, 0.15) is 65.5 Å². The fraction of sp³-hybridized carbons (Fsp3) is 0.500. The molecule has 0 radical (unpaired) electrons. The number of halogens is 1. The minimum Gasteiger partial charge on any atom is -0.497 e. The first-order chi connectivity index (χ1) is 16.9. The summed E-state index contributed by atoms with van der Waals surface area (Å²) >= 11 is 0. The molecule has 1 atom stereocenters. The van der Waals surface area contributed by atoms with E-state index >= 15 is 0 Å². The molecule has 7 heteroatoms. The molecule has 2 aromatic carbocycles. The summed E-state index contributed by atoms with van der Waals surface area (Å²) in [5.74, 6) is 0.852. The molecular weight excluding hydrogens is 443 g/mol. The van der Waals surface area contributed by atoms with Gasteiger partial charge in [-0.15, -0.1) is 0 Å². The predicted octanol–water partition coefficient (Wildman–Crippen LogP) is 7.02. The van der Waals surface area contributed by atoms with E-state index in [1.54, 1.807) is 50.4 Å². The minimum absolute atomic E-state index is 0.000614. The summed E-state index contributed by atoms with van der Waals surface area (Å²) in [4.78, 5) is 18.5. The molecule has 1 aliphatic rings. The molecule has 0 aliphatic carbocycles. The number of likely N-dealkylation sites (tertiary alicyclic amines) is 1. The van der Waals surface area contributed by atoms with E-state index in [1.807, 2.05) is 47.6 Å². The van der Waals surface area contributed by atoms with E-state index in [-0.39, 0.29) is 11.7 Å². The lowest BCUT2D eigenvalue weighted by molar-refractivity contribution is 0.196. The average Bonchev–Trinajstić information content (AvgIpc) is 2.90. The first-order valence-electron chi connectivity index (χ1n) is 12.7. The van der Waals surface area contributed by atoms with Crippen molar-refractivity contribution in [1.82, 2.24) is 4.90 Å². The lowest BCUT2D eigenvalue weighted by Gasteiger charge is -2.32. The summed E-state index contributed by atoms with van der Waals surface area (Å²) in [6, 6.07) is 11.8. The number of aliphatic imine (C=N–C) groups is 1. The Kier molecular flexibility index (Phi) is 16.9. The van der Waals surface area contributed by atoms with E-state index in [9.17, 15) is 9.18 Å². The maximum Gasteiger partial charge on any atom is 0.347 e. The number of hydrogen-bond acceptors (Lipinski definition) is 3. The quantitative estimate of drug-likeness (QED) is 0.350. The van der Waals surface area contributed by atoms with Gasteiger partial charge in [-0.1, -0.05) is 53.7 Å². The second kappa shape index (κ2) is 18.4. The molecule has 1 fully saturated rings. The summed E-state index contributed by atoms with van der Waals surface area (Å²) in [6.45, 7) is 16.0. The van der Waals surface area contributed by atoms with Gasteiger partial charge in [0.2, 0.25) is 0 Å². The van der Waals surface area contributed by atoms with Crippen LogP contribution in [0.2, 0.25) is 0 Å². The van der Waals surface area contributed by atoms with Crippen LogP contribution in [0.5, 0.6) is 5.75 Å². The molecule has 0 saturated carbocycles. The Morgan fingerprint density at radius 1 is 1.11 bits per heavy atom. The van der Waals surface area contributed by atoms with Crippen LogP contribution in [0.4, 0.5) is 14.9 Å². The van der Waals surface area contributed by atoms with Crippen molar-refractivity contribution in [3.8, 4) is 5.75 Å². The Hall–Kier alpha value is -2.93. The number of urea groups is 1. The topological polar surface area (TPSA) is 79.9 Å². The maximum absolute atomic E-state index is 13.8. The van der Waals surface area contributed by atoms with Crippen LogP contribution in [0.25, 0.3) is 0 Å². The van der Waals surface area contributed by atoms with Gasteiger partial charge in [0.05, 0.1) is 7.11 Å². The normalized spacial score (nSPS) is 15.2. The summed E-state index contributed by atoms with van der Waals surface area (Å²) in [7, 11) is 1.58. The molecule has 35 heavy (non-hydrogen) atoms. The number of aryl methyl sites for hydroxylation is 1. The lowest BCUT2D eigenvalue weighted by Crippen LogP contribution is -2.41. The fourth-order valence-corrected chi connectivity index (χ4v) is 3.47. The number of nitrogens with zero attached hydrogens (tertiary/aromatic N) is 2. The van der Waals surface area contributed by atoms with Crippen LogP contribution in [-0.4, -0.2) is 37.0 Å². The first kappa shape index (κ1) is 32.1. The van der Waals surface area contributed by atoms with Gasteiger partial charge < -0.3 is 15.8 Å². The van der Waals surface area contributed by atoms with Gasteiger partial charge in [-0.2, -0.15) is 4.99 Å². The first-order valence-corrected chi connectivity index (χ1v) is 12.7. The van der Waals surface area contributed by atoms with Gasteiger partial charge in [-0.05, 0) is 67.8 Å². The molecule has 1 unspecified atom stereocenters. The van der Waals surface area contributed by atoms with Gasteiger partial charge in [-0.25, -0.2) is 9.18 Å². The van der Waals surface area contributed by atoms with Crippen LogP contribution in [-0.2, 0) is 6.54 Å². The average molecular weight is 489 g/mol. The van der Waals surface area contributed by atoms with Crippen molar-refractivity contribution in [1.29, 1.82) is 0 Å². The summed E-state index contributed by atoms with van der Waals surface area (Å²) < 4.78 is 18.9. The van der Waals surface area contributed by atoms with Crippen LogP contribution in [0.15, 0.2) is 47.5 Å². The van der Waals surface area contributed by atoms with Gasteiger partial charge in [-0.3, -0.25) is 4.90 Å². The second-order valence-electron chi connectivity index (χ2n) is 7.35. The van der Waals surface area contributed by atoms with Crippen LogP contribution in [0, 0.1) is 18.7 Å². The molecule has 1 aliphatic heterocycles. The molecule has 0 spiro atoms. The Bertz CT molecular complexity index is 885. The van der Waals surface area contributed by atoms with Gasteiger partial charge in [0.1, 0.15) is 17.4 Å². The minimum atomic E-state index is -0.495. The molecule has 196 valence electrons. The van der Waals surface area contributed by atoms with E-state index in [0.717, 1.165) is 24.9 Å². The summed E-state index contributed by atoms with van der Waals surface area (Å²) in [5.41, 5.74) is 8.33. The third-order valence-electron chi connectivity index (χ3n) is 5.14. The Labute approximate surface area is 211 Å². The van der Waals surface area contributed by atoms with Gasteiger partial charge in [0, 0.05) is 24.7 Å². The number of benzene rings is 2. The highest BCUT2D eigenvalue weighted by molar-refractivity contribution is 6.00. The third kappa shape index (κ3) is 11.4. The van der Waals surface area contributed by atoms with Crippen molar-refractivity contribution in [2.75, 3.05) is 25.5 Å². The molecule has 0 bridgehead atoms. The summed E-state index contributed by atoms with van der Waals surface area (Å²) in [6.07, 6.45) is 1.83. The maximum atomic E-state index is 13.8. The number of carbonyl (C=O) groups excluding carboxylic acids is 1. The number of rotatable bonds is 5. The van der Waals surface area contributed by atoms with Crippen molar-refractivity contribution < 1.29 is 13.9 Å². The van der Waals surface area contributed by atoms with E-state index in [4.69, 9.17) is 10.5 Å². The van der Waals surface area contributed by atoms with Crippen LogP contribution < -0.4 is 15.8 Å². The smallest absolute Gasteiger partial charge is 0.347 e. The second-order valence-corrected chi connectivity index (χ2v) is 7.35. The highest BCUT2D eigenvalue weighted by Crippen LogP contribution is 2.20. The zero-order chi connectivity index (χ0) is 26.8. The molecule has 6 nitrogen and oxygen atoms in total. The SMILES string of the molecule is CC.CC.CC.COc1ccc(NC(=O)/N=C(\N)C2CCCN(Cc3ccc(C)c(F)c3)C2)cc1. The standard InChI is InChI=1S/C22H27FN4O2.3C2H6/c1-15-5-6-16(12-20(15)23)13-27-11-3-4-17(14-27)21(24)26-22(28)25-18-7-9-19(29-2)10-8-18;3*1-2/h5-10,12,17H,3-4,11,13-14H2,1-2H3,(H3,24,25,26,28);3*1-2H3. The zero-order valence-electron chi connectivity index (χ0n) is 22.8. The van der Waals surface area contributed by atoms with Crippen LogP contribution >= 0.6 is 0 Å². The number of amidine groups is 1. The third-order valence-corrected chi connectivity index (χ3v) is 5.14. The van der Waals surface area contributed by atoms with E-state index in [1.165, 1.54) is 0 Å². The van der Waals surface area contributed by atoms with Gasteiger partial charge >= 0.3 is 6.03 Å². The Morgan fingerprint density at radius 3 is 2.31 bits per heavy atom. The highest BCUT2D eigenvalue weighted by Gasteiger charge is 2.23. The Balaban J connectivity index is 0.00000179. The van der Waals surface area contributed by atoms with Crippen molar-refractivity contribution in [2.45, 2.75) is 67.9 Å². The molecule has 2 aromatic rings. The van der Waals surface area contributed by atoms with Gasteiger partial charge in [0.25, 0.3) is 0 Å². The Morgan fingerprint density at radius 2 is 1.74 bits per heavy atom. The number of methoxy groups -OCH3 is 1. The fourth-order valence-electron chi connectivity index (χ4n) is 3.47. The zero-order valence-corrected chi connectivity index (χ0v) is 22.8. The number of piperidine rings is 1. The van der Waals surface area contributed by atoms with Crippen molar-refractivity contribution in [2.24, 2.45) is 16.6 Å². The number of hydrogen-bond donors (Lipinski definition) is 2. The van der Waals surface area contributed by atoms with Crippen LogP contribution in [0.3, 0.4) is 0 Å². The number of amides is 2. The van der Waals surface area contributed by atoms with Crippen molar-refractivity contribution in [3.05, 3.63) is 59.4 Å². The predicted molar refractivity (Wildman–Crippen MR) is 147 cm³/mol. The van der Waals surface area contributed by atoms with Crippen molar-refractivity contribution in [3.63, 3.8) is 0 Å². The van der Waals surface area contributed by atoms with E-state index in [0.29, 0.717) is 35.9 Å². The largest absolute Gasteiger partial charge is 0.497 e. The number of ether oxygens (including phenoxy) is 1. The van der Waals surface area contributed by atoms with Crippen molar-refractivity contribution >= 4 is 17.6 Å². The summed E-state index contributed by atoms with van der Waals surface area (Å²) in [5, 5.41) is 2.71. The van der Waals surface area contributed by atoms with E-state index < -0.39 is 6.03 Å². The molecule has 1 heterocycles. The highest BCUT2D eigenvalue weighted by atomic mass is 19.1. The lowest BCUT2D eigenvalue weighted by atomic mass is 9.96. The molecule has 1 saturated heterocycles. The van der Waals surface area contributed by atoms with E-state index in [2.05, 4.69) is 15.2 Å². The molecule has 0 aromatic heterocycles. The molecular formula is C28H45FN4O2. The molecule has 3 N–H and O–H groups in total. The molecule has 3 rings (SSSR count). The van der Waals surface area contributed by atoms with Gasteiger partial charge in [0.15, 0.2) is 0 Å². The number of nitrogens with two attached hydrogens (primary N) is 1. The monoisotopic (exact) mass is 488 g/mol. The molecule has 2 amide bonds. The number of nitrogens with one attached hydrogen (secondary N) is 1. The number of carbonyl (C=O) groups is 1. The number of anilines is 1.